The van der Waals surface area contributed by atoms with Crippen LogP contribution in [0.1, 0.15) is 19.4 Å². The Kier molecular flexibility index (Phi) is 4.83. The monoisotopic (exact) mass is 229 g/mol. The van der Waals surface area contributed by atoms with Crippen LogP contribution >= 0.6 is 0 Å². The van der Waals surface area contributed by atoms with Crippen molar-refractivity contribution in [1.82, 2.24) is 5.32 Å². The minimum Gasteiger partial charge on any atom is -0.396 e. The number of hydrogen-bond donors (Lipinski definition) is 2. The molecular weight excluding hydrogens is 212 g/mol. The molecule has 2 N–H and O–H groups in total. The molecule has 2 atom stereocenters. The van der Waals surface area contributed by atoms with Gasteiger partial charge in [-0.25, -0.2) is 8.78 Å². The molecule has 0 bridgehead atoms. The molecule has 0 saturated heterocycles. The van der Waals surface area contributed by atoms with E-state index in [4.69, 9.17) is 5.11 Å². The summed E-state index contributed by atoms with van der Waals surface area (Å²) < 4.78 is 26.5. The number of benzene rings is 1. The van der Waals surface area contributed by atoms with E-state index in [9.17, 15) is 8.78 Å². The summed E-state index contributed by atoms with van der Waals surface area (Å²) in [6, 6.07) is 3.82. The van der Waals surface area contributed by atoms with Gasteiger partial charge in [-0.3, -0.25) is 0 Å². The maximum atomic E-state index is 13.3. The number of aliphatic hydroxyl groups is 1. The molecule has 0 aliphatic heterocycles. The van der Waals surface area contributed by atoms with Gasteiger partial charge in [-0.15, -0.1) is 0 Å². The smallest absolute Gasteiger partial charge is 0.130 e. The van der Waals surface area contributed by atoms with E-state index < -0.39 is 11.6 Å². The zero-order valence-corrected chi connectivity index (χ0v) is 9.50. The fraction of sp³-hybridized carbons (Fsp3) is 0.500. The SMILES string of the molecule is CC(CO)C(C)NCc1c(F)cccc1F. The Labute approximate surface area is 94.3 Å². The van der Waals surface area contributed by atoms with Gasteiger partial charge in [0.25, 0.3) is 0 Å². The third-order valence-corrected chi connectivity index (χ3v) is 2.80. The fourth-order valence-corrected chi connectivity index (χ4v) is 1.32. The zero-order chi connectivity index (χ0) is 12.1. The quantitative estimate of drug-likeness (QED) is 0.810. The van der Waals surface area contributed by atoms with Gasteiger partial charge in [-0.05, 0) is 25.0 Å². The summed E-state index contributed by atoms with van der Waals surface area (Å²) >= 11 is 0. The summed E-state index contributed by atoms with van der Waals surface area (Å²) in [4.78, 5) is 0. The van der Waals surface area contributed by atoms with Gasteiger partial charge in [-0.1, -0.05) is 13.0 Å². The number of rotatable bonds is 5. The van der Waals surface area contributed by atoms with Crippen molar-refractivity contribution in [2.75, 3.05) is 6.61 Å². The predicted molar refractivity (Wildman–Crippen MR) is 58.9 cm³/mol. The van der Waals surface area contributed by atoms with E-state index >= 15 is 0 Å². The van der Waals surface area contributed by atoms with Crippen LogP contribution in [0.25, 0.3) is 0 Å². The van der Waals surface area contributed by atoms with Crippen LogP contribution in [-0.2, 0) is 6.54 Å². The average Bonchev–Trinajstić information content (AvgIpc) is 2.27. The molecule has 0 heterocycles. The summed E-state index contributed by atoms with van der Waals surface area (Å²) in [6.07, 6.45) is 0. The van der Waals surface area contributed by atoms with Crippen LogP contribution in [0.2, 0.25) is 0 Å². The Hall–Kier alpha value is -1.00. The third kappa shape index (κ3) is 3.25. The second-order valence-corrected chi connectivity index (χ2v) is 4.03. The first kappa shape index (κ1) is 13.1. The molecule has 1 aromatic carbocycles. The molecule has 0 spiro atoms. The maximum Gasteiger partial charge on any atom is 0.130 e. The summed E-state index contributed by atoms with van der Waals surface area (Å²) in [6.45, 7) is 3.92. The molecule has 2 unspecified atom stereocenters. The van der Waals surface area contributed by atoms with E-state index in [1.54, 1.807) is 0 Å². The lowest BCUT2D eigenvalue weighted by molar-refractivity contribution is 0.206. The number of aliphatic hydroxyl groups excluding tert-OH is 1. The molecule has 0 aromatic heterocycles. The topological polar surface area (TPSA) is 32.3 Å². The maximum absolute atomic E-state index is 13.3. The molecule has 1 rings (SSSR count). The van der Waals surface area contributed by atoms with Crippen molar-refractivity contribution in [2.24, 2.45) is 5.92 Å². The van der Waals surface area contributed by atoms with Gasteiger partial charge in [0.2, 0.25) is 0 Å². The van der Waals surface area contributed by atoms with Gasteiger partial charge in [-0.2, -0.15) is 0 Å². The summed E-state index contributed by atoms with van der Waals surface area (Å²) in [5.74, 6) is -1.04. The van der Waals surface area contributed by atoms with E-state index in [0.29, 0.717) is 0 Å². The van der Waals surface area contributed by atoms with Crippen molar-refractivity contribution >= 4 is 0 Å². The second kappa shape index (κ2) is 5.92. The van der Waals surface area contributed by atoms with Crippen molar-refractivity contribution < 1.29 is 13.9 Å². The van der Waals surface area contributed by atoms with Crippen LogP contribution in [0.3, 0.4) is 0 Å². The van der Waals surface area contributed by atoms with Crippen molar-refractivity contribution in [2.45, 2.75) is 26.4 Å². The molecule has 2 nitrogen and oxygen atoms in total. The molecular formula is C12H17F2NO. The molecule has 4 heteroatoms. The van der Waals surface area contributed by atoms with E-state index in [-0.39, 0.29) is 30.7 Å². The normalized spacial score (nSPS) is 14.8. The highest BCUT2D eigenvalue weighted by Gasteiger charge is 2.13. The van der Waals surface area contributed by atoms with Gasteiger partial charge in [0, 0.05) is 24.8 Å². The molecule has 0 amide bonds. The molecule has 0 radical (unpaired) electrons. The fourth-order valence-electron chi connectivity index (χ4n) is 1.32. The van der Waals surface area contributed by atoms with Gasteiger partial charge in [0.1, 0.15) is 11.6 Å². The lowest BCUT2D eigenvalue weighted by atomic mass is 10.0. The molecule has 0 saturated carbocycles. The highest BCUT2D eigenvalue weighted by atomic mass is 19.1. The Morgan fingerprint density at radius 1 is 1.25 bits per heavy atom. The molecule has 0 aliphatic rings. The minimum atomic E-state index is -0.545. The van der Waals surface area contributed by atoms with Gasteiger partial charge in [0.05, 0.1) is 0 Å². The highest BCUT2D eigenvalue weighted by molar-refractivity contribution is 5.19. The number of halogens is 2. The minimum absolute atomic E-state index is 0.00371. The summed E-state index contributed by atoms with van der Waals surface area (Å²) in [5.41, 5.74) is 0.0412. The lowest BCUT2D eigenvalue weighted by Crippen LogP contribution is -2.33. The van der Waals surface area contributed by atoms with Gasteiger partial charge in [0.15, 0.2) is 0 Å². The highest BCUT2D eigenvalue weighted by Crippen LogP contribution is 2.12. The standard InChI is InChI=1S/C12H17F2NO/c1-8(7-16)9(2)15-6-10-11(13)4-3-5-12(10)14/h3-5,8-9,15-16H,6-7H2,1-2H3. The van der Waals surface area contributed by atoms with Crippen LogP contribution in [0.15, 0.2) is 18.2 Å². The third-order valence-electron chi connectivity index (χ3n) is 2.80. The first-order valence-corrected chi connectivity index (χ1v) is 5.33. The van der Waals surface area contributed by atoms with E-state index in [1.165, 1.54) is 18.2 Å². The first-order valence-electron chi connectivity index (χ1n) is 5.33. The lowest BCUT2D eigenvalue weighted by Gasteiger charge is -2.19. The van der Waals surface area contributed by atoms with Crippen LogP contribution in [0.4, 0.5) is 8.78 Å². The first-order chi connectivity index (χ1) is 7.56. The van der Waals surface area contributed by atoms with Gasteiger partial charge < -0.3 is 10.4 Å². The number of hydrogen-bond acceptors (Lipinski definition) is 2. The molecule has 0 fully saturated rings. The average molecular weight is 229 g/mol. The van der Waals surface area contributed by atoms with E-state index in [2.05, 4.69) is 5.32 Å². The van der Waals surface area contributed by atoms with E-state index in [0.717, 1.165) is 0 Å². The van der Waals surface area contributed by atoms with Crippen LogP contribution in [0, 0.1) is 17.6 Å². The van der Waals surface area contributed by atoms with Crippen molar-refractivity contribution in [3.05, 3.63) is 35.4 Å². The van der Waals surface area contributed by atoms with Crippen molar-refractivity contribution in [1.29, 1.82) is 0 Å². The Balaban J connectivity index is 2.61. The molecule has 90 valence electrons. The molecule has 16 heavy (non-hydrogen) atoms. The van der Waals surface area contributed by atoms with Crippen molar-refractivity contribution in [3.63, 3.8) is 0 Å². The summed E-state index contributed by atoms with van der Waals surface area (Å²) in [7, 11) is 0. The van der Waals surface area contributed by atoms with Crippen LogP contribution in [-0.4, -0.2) is 17.8 Å². The molecule has 1 aromatic rings. The number of nitrogens with one attached hydrogen (secondary N) is 1. The Bertz CT molecular complexity index is 324. The Morgan fingerprint density at radius 2 is 1.81 bits per heavy atom. The van der Waals surface area contributed by atoms with Crippen LogP contribution in [0.5, 0.6) is 0 Å². The molecule has 0 aliphatic carbocycles. The Morgan fingerprint density at radius 3 is 2.31 bits per heavy atom. The van der Waals surface area contributed by atoms with Crippen LogP contribution < -0.4 is 5.32 Å². The predicted octanol–water partition coefficient (Wildman–Crippen LogP) is 2.07. The van der Waals surface area contributed by atoms with Crippen molar-refractivity contribution in [3.8, 4) is 0 Å². The summed E-state index contributed by atoms with van der Waals surface area (Å²) in [5, 5.41) is 11.9. The zero-order valence-electron chi connectivity index (χ0n) is 9.50. The largest absolute Gasteiger partial charge is 0.396 e. The van der Waals surface area contributed by atoms with E-state index in [1.807, 2.05) is 13.8 Å². The second-order valence-electron chi connectivity index (χ2n) is 4.03. The van der Waals surface area contributed by atoms with Gasteiger partial charge >= 0.3 is 0 Å².